The first kappa shape index (κ1) is 9.20. The standard InChI is InChI=1S/C6H10O2S.Na/c1-5-2-6(3-5,4-5)9(7)8;/h2-4H2,1H3,(H,7,8);/q;+1/p-1. The van der Waals surface area contributed by atoms with Crippen LogP contribution in [0.25, 0.3) is 0 Å². The van der Waals surface area contributed by atoms with E-state index in [-0.39, 0.29) is 34.3 Å². The van der Waals surface area contributed by atoms with Crippen LogP contribution < -0.4 is 29.6 Å². The van der Waals surface area contributed by atoms with Gasteiger partial charge in [-0.1, -0.05) is 6.92 Å². The molecular formula is C6H9NaO2S. The molecule has 0 amide bonds. The van der Waals surface area contributed by atoms with E-state index < -0.39 is 11.1 Å². The van der Waals surface area contributed by atoms with E-state index in [1.165, 1.54) is 0 Å². The van der Waals surface area contributed by atoms with Gasteiger partial charge in [0.05, 0.1) is 0 Å². The molecule has 0 saturated heterocycles. The topological polar surface area (TPSA) is 40.1 Å². The third-order valence-electron chi connectivity index (χ3n) is 2.60. The van der Waals surface area contributed by atoms with Crippen LogP contribution in [-0.2, 0) is 11.1 Å². The Labute approximate surface area is 85.3 Å². The van der Waals surface area contributed by atoms with E-state index in [1.807, 2.05) is 0 Å². The minimum atomic E-state index is -1.80. The van der Waals surface area contributed by atoms with Crippen LogP contribution in [0, 0.1) is 5.41 Å². The fraction of sp³-hybridized carbons (Fsp3) is 1.00. The minimum Gasteiger partial charge on any atom is -0.772 e. The summed E-state index contributed by atoms with van der Waals surface area (Å²) in [7, 11) is 0. The normalized spacial score (nSPS) is 51.8. The Morgan fingerprint density at radius 2 is 1.80 bits per heavy atom. The molecule has 0 aliphatic heterocycles. The van der Waals surface area contributed by atoms with E-state index >= 15 is 0 Å². The van der Waals surface area contributed by atoms with Gasteiger partial charge < -0.3 is 4.55 Å². The second-order valence-electron chi connectivity index (χ2n) is 3.76. The van der Waals surface area contributed by atoms with Crippen molar-refractivity contribution in [3.05, 3.63) is 0 Å². The van der Waals surface area contributed by atoms with Crippen LogP contribution in [-0.4, -0.2) is 13.5 Å². The van der Waals surface area contributed by atoms with Gasteiger partial charge in [-0.25, -0.2) is 0 Å². The third-order valence-corrected chi connectivity index (χ3v) is 3.74. The van der Waals surface area contributed by atoms with Crippen molar-refractivity contribution >= 4 is 11.1 Å². The van der Waals surface area contributed by atoms with Gasteiger partial charge in [-0.05, 0) is 35.8 Å². The summed E-state index contributed by atoms with van der Waals surface area (Å²) in [6, 6.07) is 0. The smallest absolute Gasteiger partial charge is 0.772 e. The molecule has 0 aromatic heterocycles. The molecule has 3 aliphatic rings. The van der Waals surface area contributed by atoms with E-state index in [0.29, 0.717) is 5.41 Å². The largest absolute Gasteiger partial charge is 1.00 e. The molecule has 0 aromatic rings. The summed E-state index contributed by atoms with van der Waals surface area (Å²) in [5, 5.41) is 0. The Morgan fingerprint density at radius 3 is 1.90 bits per heavy atom. The van der Waals surface area contributed by atoms with Gasteiger partial charge in [-0.3, -0.25) is 4.21 Å². The van der Waals surface area contributed by atoms with Gasteiger partial charge in [0.1, 0.15) is 0 Å². The van der Waals surface area contributed by atoms with Gasteiger partial charge >= 0.3 is 29.6 Å². The van der Waals surface area contributed by atoms with Crippen molar-refractivity contribution in [3.63, 3.8) is 0 Å². The van der Waals surface area contributed by atoms with Crippen molar-refractivity contribution in [3.8, 4) is 0 Å². The third kappa shape index (κ3) is 0.950. The Kier molecular flexibility index (Phi) is 2.11. The summed E-state index contributed by atoms with van der Waals surface area (Å²) < 4.78 is 20.7. The Balaban J connectivity index is 0.000000500. The van der Waals surface area contributed by atoms with E-state index in [4.69, 9.17) is 0 Å². The molecule has 3 fully saturated rings. The molecule has 0 radical (unpaired) electrons. The molecule has 0 heterocycles. The molecule has 0 N–H and O–H groups in total. The second-order valence-corrected chi connectivity index (χ2v) is 5.09. The van der Waals surface area contributed by atoms with Gasteiger partial charge in [-0.2, -0.15) is 0 Å². The zero-order valence-electron chi connectivity index (χ0n) is 6.35. The van der Waals surface area contributed by atoms with Crippen LogP contribution in [0.1, 0.15) is 26.2 Å². The van der Waals surface area contributed by atoms with Crippen LogP contribution in [0.4, 0.5) is 0 Å². The maximum atomic E-state index is 10.5. The average molecular weight is 168 g/mol. The first-order valence-electron chi connectivity index (χ1n) is 3.16. The zero-order valence-corrected chi connectivity index (χ0v) is 9.16. The molecule has 52 valence electrons. The Hall–Kier alpha value is 1.11. The summed E-state index contributed by atoms with van der Waals surface area (Å²) in [6.45, 7) is 2.15. The van der Waals surface area contributed by atoms with Crippen LogP contribution in [0.15, 0.2) is 0 Å². The summed E-state index contributed by atoms with van der Waals surface area (Å²) in [5.41, 5.74) is 0.417. The number of rotatable bonds is 1. The molecule has 1 atom stereocenters. The summed E-state index contributed by atoms with van der Waals surface area (Å²) in [6.07, 6.45) is 2.74. The van der Waals surface area contributed by atoms with Crippen LogP contribution in [0.5, 0.6) is 0 Å². The van der Waals surface area contributed by atoms with Gasteiger partial charge in [0, 0.05) is 4.75 Å². The predicted molar refractivity (Wildman–Crippen MR) is 33.6 cm³/mol. The first-order chi connectivity index (χ1) is 4.06. The summed E-state index contributed by atoms with van der Waals surface area (Å²) in [4.78, 5) is 0. The van der Waals surface area contributed by atoms with Crippen molar-refractivity contribution in [1.82, 2.24) is 0 Å². The molecule has 2 bridgehead atoms. The molecule has 3 rings (SSSR count). The van der Waals surface area contributed by atoms with Crippen LogP contribution in [0.3, 0.4) is 0 Å². The van der Waals surface area contributed by atoms with Gasteiger partial charge in [0.25, 0.3) is 0 Å². The monoisotopic (exact) mass is 168 g/mol. The Bertz CT molecular complexity index is 172. The SMILES string of the molecule is CC12CC(S(=O)[O-])(C1)C2.[Na+]. The van der Waals surface area contributed by atoms with Crippen molar-refractivity contribution in [2.75, 3.05) is 0 Å². The maximum absolute atomic E-state index is 10.5. The van der Waals surface area contributed by atoms with Gasteiger partial charge in [0.15, 0.2) is 0 Å². The van der Waals surface area contributed by atoms with E-state index in [2.05, 4.69) is 6.92 Å². The molecule has 0 spiro atoms. The van der Waals surface area contributed by atoms with Crippen molar-refractivity contribution in [1.29, 1.82) is 0 Å². The summed E-state index contributed by atoms with van der Waals surface area (Å²) in [5.74, 6) is 0. The fourth-order valence-corrected chi connectivity index (χ4v) is 3.75. The van der Waals surface area contributed by atoms with E-state index in [1.54, 1.807) is 0 Å². The van der Waals surface area contributed by atoms with E-state index in [9.17, 15) is 8.76 Å². The zero-order chi connectivity index (χ0) is 6.70. The molecule has 0 aromatic carbocycles. The van der Waals surface area contributed by atoms with Gasteiger partial charge in [0.2, 0.25) is 0 Å². The second kappa shape index (κ2) is 2.30. The molecule has 3 saturated carbocycles. The first-order valence-corrected chi connectivity index (χ1v) is 4.23. The quantitative estimate of drug-likeness (QED) is 0.330. The number of hydrogen-bond donors (Lipinski definition) is 0. The van der Waals surface area contributed by atoms with Crippen LogP contribution >= 0.6 is 0 Å². The fourth-order valence-electron chi connectivity index (χ4n) is 2.35. The molecule has 10 heavy (non-hydrogen) atoms. The molecular weight excluding hydrogens is 159 g/mol. The van der Waals surface area contributed by atoms with Crippen LogP contribution in [0.2, 0.25) is 0 Å². The van der Waals surface area contributed by atoms with Gasteiger partial charge in [-0.15, -0.1) is 0 Å². The average Bonchev–Trinajstić information content (AvgIpc) is 1.54. The number of hydrogen-bond acceptors (Lipinski definition) is 2. The molecule has 4 heteroatoms. The van der Waals surface area contributed by atoms with Crippen molar-refractivity contribution in [2.24, 2.45) is 5.41 Å². The Morgan fingerprint density at radius 1 is 1.40 bits per heavy atom. The van der Waals surface area contributed by atoms with Crippen molar-refractivity contribution in [2.45, 2.75) is 30.9 Å². The summed E-state index contributed by atoms with van der Waals surface area (Å²) >= 11 is -1.80. The molecule has 2 nitrogen and oxygen atoms in total. The van der Waals surface area contributed by atoms with E-state index in [0.717, 1.165) is 19.3 Å². The minimum absolute atomic E-state index is 0. The van der Waals surface area contributed by atoms with Crippen molar-refractivity contribution < 1.29 is 38.3 Å². The molecule has 3 aliphatic carbocycles. The maximum Gasteiger partial charge on any atom is 1.00 e. The predicted octanol–water partition coefficient (Wildman–Crippen LogP) is -2.19. The molecule has 1 unspecified atom stereocenters.